The van der Waals surface area contributed by atoms with Crippen LogP contribution in [0.25, 0.3) is 0 Å². The number of hydrogen-bond acceptors (Lipinski definition) is 3. The van der Waals surface area contributed by atoms with Gasteiger partial charge in [0.15, 0.2) is 0 Å². The SMILES string of the molecule is Cc1cc(C)nc(Sc2ccc(Br)cc2CCN)c1. The molecule has 0 aliphatic rings. The van der Waals surface area contributed by atoms with E-state index in [1.54, 1.807) is 11.8 Å². The van der Waals surface area contributed by atoms with Gasteiger partial charge in [-0.25, -0.2) is 4.98 Å². The first kappa shape index (κ1) is 14.6. The monoisotopic (exact) mass is 336 g/mol. The van der Waals surface area contributed by atoms with Crippen LogP contribution in [-0.2, 0) is 6.42 Å². The van der Waals surface area contributed by atoms with Crippen molar-refractivity contribution in [1.29, 1.82) is 0 Å². The molecule has 0 radical (unpaired) electrons. The van der Waals surface area contributed by atoms with Gasteiger partial charge in [0.25, 0.3) is 0 Å². The average molecular weight is 337 g/mol. The van der Waals surface area contributed by atoms with Crippen LogP contribution in [0.2, 0.25) is 0 Å². The lowest BCUT2D eigenvalue weighted by Crippen LogP contribution is -2.03. The zero-order valence-corrected chi connectivity index (χ0v) is 13.5. The molecule has 0 fully saturated rings. The molecular formula is C15H17BrN2S. The lowest BCUT2D eigenvalue weighted by Gasteiger charge is -2.09. The first-order valence-corrected chi connectivity index (χ1v) is 7.81. The maximum absolute atomic E-state index is 5.68. The molecule has 0 unspecified atom stereocenters. The van der Waals surface area contributed by atoms with E-state index >= 15 is 0 Å². The number of pyridine rings is 1. The van der Waals surface area contributed by atoms with Crippen LogP contribution >= 0.6 is 27.7 Å². The summed E-state index contributed by atoms with van der Waals surface area (Å²) in [4.78, 5) is 5.80. The standard InChI is InChI=1S/C15H17BrN2S/c1-10-7-11(2)18-15(8-10)19-14-4-3-13(16)9-12(14)5-6-17/h3-4,7-9H,5-6,17H2,1-2H3. The van der Waals surface area contributed by atoms with Crippen molar-refractivity contribution >= 4 is 27.7 Å². The highest BCUT2D eigenvalue weighted by Crippen LogP contribution is 2.31. The molecule has 0 aliphatic carbocycles. The van der Waals surface area contributed by atoms with Gasteiger partial charge in [-0.05, 0) is 68.3 Å². The molecule has 1 aromatic carbocycles. The molecule has 4 heteroatoms. The number of hydrogen-bond donors (Lipinski definition) is 1. The van der Waals surface area contributed by atoms with Crippen molar-refractivity contribution in [3.05, 3.63) is 51.6 Å². The minimum absolute atomic E-state index is 0.657. The van der Waals surface area contributed by atoms with Gasteiger partial charge < -0.3 is 5.73 Å². The Balaban J connectivity index is 2.31. The first-order valence-electron chi connectivity index (χ1n) is 6.20. The van der Waals surface area contributed by atoms with Gasteiger partial charge in [-0.2, -0.15) is 0 Å². The quantitative estimate of drug-likeness (QED) is 0.912. The van der Waals surface area contributed by atoms with Crippen LogP contribution in [0, 0.1) is 13.8 Å². The molecule has 0 spiro atoms. The van der Waals surface area contributed by atoms with E-state index in [1.165, 1.54) is 16.0 Å². The van der Waals surface area contributed by atoms with Crippen LogP contribution in [0.1, 0.15) is 16.8 Å². The van der Waals surface area contributed by atoms with E-state index in [0.717, 1.165) is 21.6 Å². The van der Waals surface area contributed by atoms with Crippen LogP contribution in [0.3, 0.4) is 0 Å². The van der Waals surface area contributed by atoms with Gasteiger partial charge in [0.1, 0.15) is 5.03 Å². The fourth-order valence-electron chi connectivity index (χ4n) is 1.97. The molecule has 0 saturated carbocycles. The Morgan fingerprint density at radius 1 is 1.21 bits per heavy atom. The summed E-state index contributed by atoms with van der Waals surface area (Å²) in [6.07, 6.45) is 0.882. The highest BCUT2D eigenvalue weighted by Gasteiger charge is 2.07. The topological polar surface area (TPSA) is 38.9 Å². The molecule has 0 atom stereocenters. The summed E-state index contributed by atoms with van der Waals surface area (Å²) >= 11 is 5.21. The number of rotatable bonds is 4. The normalized spacial score (nSPS) is 10.7. The minimum atomic E-state index is 0.657. The van der Waals surface area contributed by atoms with E-state index in [0.29, 0.717) is 6.54 Å². The average Bonchev–Trinajstić information content (AvgIpc) is 2.32. The Hall–Kier alpha value is -0.840. The van der Waals surface area contributed by atoms with Crippen molar-refractivity contribution in [2.75, 3.05) is 6.54 Å². The third-order valence-electron chi connectivity index (χ3n) is 2.72. The smallest absolute Gasteiger partial charge is 0.101 e. The number of nitrogens with two attached hydrogens (primary N) is 1. The molecule has 2 aromatic rings. The molecule has 100 valence electrons. The van der Waals surface area contributed by atoms with Crippen LogP contribution in [0.5, 0.6) is 0 Å². The molecule has 2 nitrogen and oxygen atoms in total. The zero-order valence-electron chi connectivity index (χ0n) is 11.1. The van der Waals surface area contributed by atoms with Gasteiger partial charge in [0, 0.05) is 15.1 Å². The van der Waals surface area contributed by atoms with Crippen LogP contribution in [0.4, 0.5) is 0 Å². The molecule has 0 bridgehead atoms. The summed E-state index contributed by atoms with van der Waals surface area (Å²) in [5.41, 5.74) is 9.25. The first-order chi connectivity index (χ1) is 9.08. The molecular weight excluding hydrogens is 320 g/mol. The van der Waals surface area contributed by atoms with Crippen LogP contribution in [-0.4, -0.2) is 11.5 Å². The maximum Gasteiger partial charge on any atom is 0.101 e. The summed E-state index contributed by atoms with van der Waals surface area (Å²) in [5, 5.41) is 1.04. The van der Waals surface area contributed by atoms with Crippen molar-refractivity contribution in [2.45, 2.75) is 30.2 Å². The van der Waals surface area contributed by atoms with Crippen molar-refractivity contribution in [3.63, 3.8) is 0 Å². The lowest BCUT2D eigenvalue weighted by atomic mass is 10.1. The second-order valence-electron chi connectivity index (χ2n) is 4.52. The molecule has 2 rings (SSSR count). The fourth-order valence-corrected chi connectivity index (χ4v) is 3.46. The van der Waals surface area contributed by atoms with Gasteiger partial charge in [-0.1, -0.05) is 27.7 Å². The number of benzene rings is 1. The van der Waals surface area contributed by atoms with Gasteiger partial charge in [-0.15, -0.1) is 0 Å². The van der Waals surface area contributed by atoms with Crippen molar-refractivity contribution in [3.8, 4) is 0 Å². The fraction of sp³-hybridized carbons (Fsp3) is 0.267. The molecule has 0 amide bonds. The van der Waals surface area contributed by atoms with Gasteiger partial charge >= 0.3 is 0 Å². The Morgan fingerprint density at radius 3 is 2.68 bits per heavy atom. The van der Waals surface area contributed by atoms with E-state index in [9.17, 15) is 0 Å². The third kappa shape index (κ3) is 4.06. The number of halogens is 1. The highest BCUT2D eigenvalue weighted by atomic mass is 79.9. The van der Waals surface area contributed by atoms with Gasteiger partial charge in [0.05, 0.1) is 0 Å². The third-order valence-corrected chi connectivity index (χ3v) is 4.25. The number of aryl methyl sites for hydroxylation is 2. The predicted octanol–water partition coefficient (Wildman–Crippen LogP) is 4.11. The summed E-state index contributed by atoms with van der Waals surface area (Å²) in [6.45, 7) is 4.78. The summed E-state index contributed by atoms with van der Waals surface area (Å²) in [5.74, 6) is 0. The highest BCUT2D eigenvalue weighted by molar-refractivity contribution is 9.10. The second kappa shape index (κ2) is 6.55. The Bertz CT molecular complexity index is 564. The van der Waals surface area contributed by atoms with Gasteiger partial charge in [-0.3, -0.25) is 0 Å². The van der Waals surface area contributed by atoms with E-state index in [1.807, 2.05) is 6.92 Å². The van der Waals surface area contributed by atoms with Crippen molar-refractivity contribution in [2.24, 2.45) is 5.73 Å². The molecule has 0 saturated heterocycles. The van der Waals surface area contributed by atoms with Crippen molar-refractivity contribution in [1.82, 2.24) is 4.98 Å². The molecule has 1 heterocycles. The molecule has 1 aromatic heterocycles. The maximum atomic E-state index is 5.68. The minimum Gasteiger partial charge on any atom is -0.330 e. The van der Waals surface area contributed by atoms with E-state index < -0.39 is 0 Å². The van der Waals surface area contributed by atoms with E-state index in [4.69, 9.17) is 5.73 Å². The largest absolute Gasteiger partial charge is 0.330 e. The summed E-state index contributed by atoms with van der Waals surface area (Å²) in [6, 6.07) is 10.5. The zero-order chi connectivity index (χ0) is 13.8. The Kier molecular flexibility index (Phi) is 5.02. The molecule has 2 N–H and O–H groups in total. The summed E-state index contributed by atoms with van der Waals surface area (Å²) in [7, 11) is 0. The van der Waals surface area contributed by atoms with Crippen molar-refractivity contribution < 1.29 is 0 Å². The number of nitrogens with zero attached hydrogens (tertiary/aromatic N) is 1. The Morgan fingerprint density at radius 2 is 2.00 bits per heavy atom. The second-order valence-corrected chi connectivity index (χ2v) is 6.49. The van der Waals surface area contributed by atoms with E-state index in [2.05, 4.69) is 58.2 Å². The van der Waals surface area contributed by atoms with Gasteiger partial charge in [0.2, 0.25) is 0 Å². The number of aromatic nitrogens is 1. The van der Waals surface area contributed by atoms with Crippen LogP contribution < -0.4 is 5.73 Å². The molecule has 19 heavy (non-hydrogen) atoms. The van der Waals surface area contributed by atoms with Crippen LogP contribution in [0.15, 0.2) is 44.7 Å². The van der Waals surface area contributed by atoms with E-state index in [-0.39, 0.29) is 0 Å². The molecule has 0 aliphatic heterocycles. The predicted molar refractivity (Wildman–Crippen MR) is 84.7 cm³/mol. The lowest BCUT2D eigenvalue weighted by molar-refractivity contribution is 0.941. The Labute approximate surface area is 126 Å². The summed E-state index contributed by atoms with van der Waals surface area (Å²) < 4.78 is 1.09.